The minimum atomic E-state index is -4.42. The lowest BCUT2D eigenvalue weighted by atomic mass is 9.86. The number of rotatable bonds is 9. The van der Waals surface area contributed by atoms with Gasteiger partial charge in [0.25, 0.3) is 0 Å². The van der Waals surface area contributed by atoms with E-state index < -0.39 is 30.0 Å². The molecule has 2 saturated heterocycles. The fourth-order valence-electron chi connectivity index (χ4n) is 5.79. The number of pyridine rings is 2. The Morgan fingerprint density at radius 1 is 1.21 bits per heavy atom. The van der Waals surface area contributed by atoms with E-state index in [0.717, 1.165) is 23.9 Å². The van der Waals surface area contributed by atoms with Crippen molar-refractivity contribution in [2.24, 2.45) is 5.92 Å². The summed E-state index contributed by atoms with van der Waals surface area (Å²) in [6.07, 6.45) is 1.14. The van der Waals surface area contributed by atoms with Crippen LogP contribution in [0.3, 0.4) is 0 Å². The lowest BCUT2D eigenvalue weighted by molar-refractivity contribution is -0.174. The fraction of sp³-hybridized carbons (Fsp3) is 0.533. The molecule has 0 radical (unpaired) electrons. The Morgan fingerprint density at radius 3 is 2.58 bits per heavy atom. The first-order chi connectivity index (χ1) is 20.6. The molecule has 0 aliphatic carbocycles. The number of carbonyl (C=O) groups excluding carboxylic acids is 1. The van der Waals surface area contributed by atoms with Crippen LogP contribution in [0, 0.1) is 17.2 Å². The van der Waals surface area contributed by atoms with Gasteiger partial charge in [-0.25, -0.2) is 9.50 Å². The maximum absolute atomic E-state index is 13.1. The topological polar surface area (TPSA) is 108 Å². The molecule has 0 saturated carbocycles. The number of morpholine rings is 1. The molecule has 2 aliphatic heterocycles. The molecule has 3 aromatic heterocycles. The number of hydrogen-bond acceptors (Lipinski definition) is 8. The van der Waals surface area contributed by atoms with E-state index in [9.17, 15) is 23.2 Å². The maximum Gasteiger partial charge on any atom is 0.392 e. The van der Waals surface area contributed by atoms with Crippen LogP contribution in [0.15, 0.2) is 36.8 Å². The minimum Gasteiger partial charge on any atom is -0.492 e. The molecule has 230 valence electrons. The number of alkyl halides is 3. The molecular weight excluding hydrogens is 563 g/mol. The van der Waals surface area contributed by atoms with Crippen LogP contribution in [0.2, 0.25) is 0 Å². The molecule has 10 nitrogen and oxygen atoms in total. The molecular formula is C30H36F3N7O3. The number of carbonyl (C=O) groups is 1. The molecule has 1 amide bonds. The predicted molar refractivity (Wildman–Crippen MR) is 154 cm³/mol. The van der Waals surface area contributed by atoms with Gasteiger partial charge in [0, 0.05) is 56.5 Å². The second-order valence-corrected chi connectivity index (χ2v) is 11.2. The van der Waals surface area contributed by atoms with Crippen molar-refractivity contribution in [3.05, 3.63) is 42.4 Å². The molecule has 0 aromatic carbocycles. The van der Waals surface area contributed by atoms with Gasteiger partial charge in [0.15, 0.2) is 0 Å². The second kappa shape index (κ2) is 12.8. The number of hydrogen-bond donors (Lipinski definition) is 1. The van der Waals surface area contributed by atoms with Gasteiger partial charge in [0.2, 0.25) is 5.91 Å². The van der Waals surface area contributed by atoms with Crippen LogP contribution in [-0.4, -0.2) is 89.7 Å². The number of aromatic nitrogens is 3. The van der Waals surface area contributed by atoms with Crippen LogP contribution in [0.1, 0.15) is 38.7 Å². The molecule has 2 fully saturated rings. The monoisotopic (exact) mass is 599 g/mol. The maximum atomic E-state index is 13.1. The summed E-state index contributed by atoms with van der Waals surface area (Å²) in [6, 6.07) is 7.93. The van der Waals surface area contributed by atoms with Crippen LogP contribution in [0.5, 0.6) is 5.75 Å². The highest BCUT2D eigenvalue weighted by atomic mass is 19.4. The standard InChI is InChI=1S/C30H36F3N7O3/c1-3-43-24-15-25(28-23(16-34)18-36-40(28)19-24)22-4-5-26(35-17-22)39-8-6-29(7-9-39,20-38-10-12-42-13-11-38)37-27(41)14-21(2)30(31,32)33/h4-5,15,17-19,21H,3,6-14,20H2,1-2H3,(H,37,41). The average molecular weight is 600 g/mol. The number of fused-ring (bicyclic) bond motifs is 1. The fourth-order valence-corrected chi connectivity index (χ4v) is 5.79. The number of piperidine rings is 1. The zero-order valence-electron chi connectivity index (χ0n) is 24.4. The lowest BCUT2D eigenvalue weighted by Gasteiger charge is -2.46. The van der Waals surface area contributed by atoms with Gasteiger partial charge in [-0.1, -0.05) is 6.92 Å². The van der Waals surface area contributed by atoms with Crippen molar-refractivity contribution >= 4 is 17.2 Å². The van der Waals surface area contributed by atoms with E-state index in [2.05, 4.69) is 26.3 Å². The van der Waals surface area contributed by atoms with Crippen molar-refractivity contribution in [2.75, 3.05) is 57.4 Å². The summed E-state index contributed by atoms with van der Waals surface area (Å²) < 4.78 is 52.2. The Balaban J connectivity index is 1.32. The minimum absolute atomic E-state index is 0.446. The number of halogens is 3. The summed E-state index contributed by atoms with van der Waals surface area (Å²) in [5.41, 5.74) is 2.05. The van der Waals surface area contributed by atoms with E-state index >= 15 is 0 Å². The zero-order chi connectivity index (χ0) is 30.6. The first kappa shape index (κ1) is 30.6. The zero-order valence-corrected chi connectivity index (χ0v) is 24.4. The highest BCUT2D eigenvalue weighted by molar-refractivity contribution is 5.85. The third-order valence-corrected chi connectivity index (χ3v) is 8.21. The van der Waals surface area contributed by atoms with Gasteiger partial charge in [-0.2, -0.15) is 23.5 Å². The van der Waals surface area contributed by atoms with Gasteiger partial charge in [0.1, 0.15) is 17.6 Å². The summed E-state index contributed by atoms with van der Waals surface area (Å²) in [5.74, 6) is -0.906. The van der Waals surface area contributed by atoms with Gasteiger partial charge >= 0.3 is 6.18 Å². The summed E-state index contributed by atoms with van der Waals surface area (Å²) >= 11 is 0. The normalized spacial score (nSPS) is 18.3. The molecule has 13 heteroatoms. The van der Waals surface area contributed by atoms with E-state index in [1.54, 1.807) is 16.9 Å². The molecule has 1 N–H and O–H groups in total. The molecule has 1 atom stereocenters. The molecule has 5 heterocycles. The van der Waals surface area contributed by atoms with E-state index in [-0.39, 0.29) is 0 Å². The number of nitrogens with zero attached hydrogens (tertiary/aromatic N) is 6. The second-order valence-electron chi connectivity index (χ2n) is 11.2. The van der Waals surface area contributed by atoms with Crippen LogP contribution in [0.4, 0.5) is 19.0 Å². The first-order valence-electron chi connectivity index (χ1n) is 14.5. The van der Waals surface area contributed by atoms with Gasteiger partial charge in [-0.05, 0) is 38.0 Å². The van der Waals surface area contributed by atoms with E-state index in [1.807, 2.05) is 25.1 Å². The van der Waals surface area contributed by atoms with E-state index in [4.69, 9.17) is 14.5 Å². The van der Waals surface area contributed by atoms with Crippen LogP contribution in [-0.2, 0) is 9.53 Å². The molecule has 3 aromatic rings. The molecule has 0 bridgehead atoms. The Kier molecular flexibility index (Phi) is 9.08. The Bertz CT molecular complexity index is 1450. The molecule has 0 spiro atoms. The molecule has 1 unspecified atom stereocenters. The van der Waals surface area contributed by atoms with Gasteiger partial charge in [0.05, 0.1) is 54.8 Å². The highest BCUT2D eigenvalue weighted by Crippen LogP contribution is 2.33. The largest absolute Gasteiger partial charge is 0.492 e. The van der Waals surface area contributed by atoms with Crippen molar-refractivity contribution < 1.29 is 27.4 Å². The van der Waals surface area contributed by atoms with Crippen LogP contribution >= 0.6 is 0 Å². The van der Waals surface area contributed by atoms with Crippen molar-refractivity contribution in [1.82, 2.24) is 24.8 Å². The molecule has 2 aliphatic rings. The number of nitrogens with one attached hydrogen (secondary N) is 1. The van der Waals surface area contributed by atoms with E-state index in [0.29, 0.717) is 82.2 Å². The summed E-state index contributed by atoms with van der Waals surface area (Å²) in [6.45, 7) is 7.75. The Morgan fingerprint density at radius 2 is 1.95 bits per heavy atom. The van der Waals surface area contributed by atoms with Crippen molar-refractivity contribution in [3.8, 4) is 22.9 Å². The lowest BCUT2D eigenvalue weighted by Crippen LogP contribution is -2.62. The predicted octanol–water partition coefficient (Wildman–Crippen LogP) is 4.04. The quantitative estimate of drug-likeness (QED) is 0.393. The SMILES string of the molecule is CCOc1cc(-c2ccc(N3CCC(CN4CCOCC4)(NC(=O)CC(C)C(F)(F)F)CC3)nc2)c2c(C#N)cnn2c1. The van der Waals surface area contributed by atoms with Crippen LogP contribution in [0.25, 0.3) is 16.6 Å². The number of anilines is 1. The van der Waals surface area contributed by atoms with Gasteiger partial charge in [-0.3, -0.25) is 9.69 Å². The Labute approximate surface area is 248 Å². The first-order valence-corrected chi connectivity index (χ1v) is 14.5. The van der Waals surface area contributed by atoms with Gasteiger partial charge in [-0.15, -0.1) is 0 Å². The number of nitriles is 1. The molecule has 43 heavy (non-hydrogen) atoms. The summed E-state index contributed by atoms with van der Waals surface area (Å²) in [7, 11) is 0. The average Bonchev–Trinajstić information content (AvgIpc) is 3.40. The third-order valence-electron chi connectivity index (χ3n) is 8.21. The van der Waals surface area contributed by atoms with Crippen molar-refractivity contribution in [2.45, 2.75) is 44.8 Å². The number of ether oxygens (including phenoxy) is 2. The van der Waals surface area contributed by atoms with Crippen molar-refractivity contribution in [3.63, 3.8) is 0 Å². The Hall–Kier alpha value is -3.89. The van der Waals surface area contributed by atoms with Crippen molar-refractivity contribution in [1.29, 1.82) is 5.26 Å². The van der Waals surface area contributed by atoms with Gasteiger partial charge < -0.3 is 19.7 Å². The van der Waals surface area contributed by atoms with E-state index in [1.165, 1.54) is 6.20 Å². The highest BCUT2D eigenvalue weighted by Gasteiger charge is 2.41. The third kappa shape index (κ3) is 7.02. The van der Waals surface area contributed by atoms with Crippen LogP contribution < -0.4 is 15.0 Å². The number of amides is 1. The molecule has 5 rings (SSSR count). The smallest absolute Gasteiger partial charge is 0.392 e. The summed E-state index contributed by atoms with van der Waals surface area (Å²) in [5, 5.41) is 16.9. The summed E-state index contributed by atoms with van der Waals surface area (Å²) in [4.78, 5) is 21.9.